The van der Waals surface area contributed by atoms with Gasteiger partial charge in [-0.15, -0.1) is 0 Å². The van der Waals surface area contributed by atoms with Crippen LogP contribution in [-0.4, -0.2) is 35.9 Å². The number of hydroxylamine groups is 1. The van der Waals surface area contributed by atoms with Crippen molar-refractivity contribution in [3.8, 4) is 0 Å². The maximum absolute atomic E-state index is 12.0. The van der Waals surface area contributed by atoms with Gasteiger partial charge in [-0.2, -0.15) is 0 Å². The molecule has 1 aliphatic heterocycles. The van der Waals surface area contributed by atoms with E-state index in [0.717, 1.165) is 37.1 Å². The van der Waals surface area contributed by atoms with Crippen LogP contribution in [-0.2, 0) is 11.2 Å². The first kappa shape index (κ1) is 20.5. The van der Waals surface area contributed by atoms with Crippen molar-refractivity contribution in [2.24, 2.45) is 0 Å². The fourth-order valence-electron chi connectivity index (χ4n) is 3.93. The number of hydrogen-bond donors (Lipinski definition) is 2. The van der Waals surface area contributed by atoms with Crippen LogP contribution >= 0.6 is 11.6 Å². The Morgan fingerprint density at radius 3 is 2.79 bits per heavy atom. The largest absolute Gasteiger partial charge is 0.450 e. The Kier molecular flexibility index (Phi) is 7.18. The van der Waals surface area contributed by atoms with Crippen molar-refractivity contribution in [3.05, 3.63) is 63.8 Å². The Bertz CT molecular complexity index is 804. The van der Waals surface area contributed by atoms with Crippen molar-refractivity contribution < 1.29 is 14.7 Å². The second kappa shape index (κ2) is 9.80. The Balaban J connectivity index is 1.89. The molecule has 1 heterocycles. The molecule has 0 atom stereocenters. The highest BCUT2D eigenvalue weighted by Crippen LogP contribution is 2.38. The third kappa shape index (κ3) is 4.97. The molecule has 3 rings (SSSR count). The van der Waals surface area contributed by atoms with E-state index in [1.54, 1.807) is 4.90 Å². The van der Waals surface area contributed by atoms with Crippen LogP contribution in [0.3, 0.4) is 0 Å². The average Bonchev–Trinajstić information content (AvgIpc) is 2.88. The molecule has 1 aromatic rings. The summed E-state index contributed by atoms with van der Waals surface area (Å²) in [5.41, 5.74) is 8.66. The number of likely N-dealkylation sites (tertiary alicyclic amines) is 1. The normalized spacial score (nSPS) is 19.0. The first-order valence-corrected chi connectivity index (χ1v) is 10.2. The van der Waals surface area contributed by atoms with Gasteiger partial charge in [-0.05, 0) is 73.9 Å². The lowest BCUT2D eigenvalue weighted by Crippen LogP contribution is -2.37. The maximum Gasteiger partial charge on any atom is 0.409 e. The van der Waals surface area contributed by atoms with Crippen molar-refractivity contribution in [2.45, 2.75) is 39.0 Å². The number of benzene rings is 1. The Hall–Kier alpha value is -2.24. The number of allylic oxidation sites excluding steroid dienone is 4. The predicted molar refractivity (Wildman–Crippen MR) is 111 cm³/mol. The lowest BCUT2D eigenvalue weighted by molar-refractivity contribution is 0.104. The summed E-state index contributed by atoms with van der Waals surface area (Å²) in [5.74, 6) is 0. The predicted octanol–water partition coefficient (Wildman–Crippen LogP) is 5.10. The van der Waals surface area contributed by atoms with Crippen LogP contribution in [0, 0.1) is 0 Å². The summed E-state index contributed by atoms with van der Waals surface area (Å²) in [5, 5.41) is 9.52. The minimum Gasteiger partial charge on any atom is -0.450 e. The Morgan fingerprint density at radius 2 is 2.07 bits per heavy atom. The van der Waals surface area contributed by atoms with Crippen LogP contribution in [0.1, 0.15) is 43.7 Å². The van der Waals surface area contributed by atoms with Crippen molar-refractivity contribution in [2.75, 3.05) is 19.7 Å². The van der Waals surface area contributed by atoms with Crippen LogP contribution in [0.25, 0.3) is 5.57 Å². The van der Waals surface area contributed by atoms with Gasteiger partial charge in [0.25, 0.3) is 0 Å². The minimum absolute atomic E-state index is 0.221. The zero-order valence-corrected chi connectivity index (χ0v) is 17.0. The van der Waals surface area contributed by atoms with Crippen LogP contribution in [0.15, 0.2) is 47.7 Å². The molecule has 150 valence electrons. The van der Waals surface area contributed by atoms with E-state index in [1.165, 1.54) is 34.0 Å². The molecule has 5 nitrogen and oxygen atoms in total. The second-order valence-corrected chi connectivity index (χ2v) is 7.50. The quantitative estimate of drug-likeness (QED) is 0.545. The maximum atomic E-state index is 12.0. The smallest absolute Gasteiger partial charge is 0.409 e. The number of amides is 1. The Labute approximate surface area is 171 Å². The minimum atomic E-state index is -0.221. The highest BCUT2D eigenvalue weighted by atomic mass is 35.5. The number of nitrogens with one attached hydrogen (secondary N) is 1. The molecule has 1 fully saturated rings. The number of nitrogens with zero attached hydrogens (tertiary/aromatic N) is 1. The van der Waals surface area contributed by atoms with E-state index in [9.17, 15) is 4.79 Å². The molecule has 1 saturated heterocycles. The summed E-state index contributed by atoms with van der Waals surface area (Å²) < 4.78 is 5.14. The fraction of sp³-hybridized carbons (Fsp3) is 0.409. The van der Waals surface area contributed by atoms with Crippen LogP contribution < -0.4 is 5.48 Å². The zero-order chi connectivity index (χ0) is 19.9. The van der Waals surface area contributed by atoms with Gasteiger partial charge in [0.1, 0.15) is 0 Å². The molecule has 0 unspecified atom stereocenters. The van der Waals surface area contributed by atoms with Crippen LogP contribution in [0.4, 0.5) is 4.79 Å². The summed E-state index contributed by atoms with van der Waals surface area (Å²) in [6.45, 7) is 3.61. The van der Waals surface area contributed by atoms with Gasteiger partial charge in [0.2, 0.25) is 0 Å². The molecule has 1 aromatic carbocycles. The summed E-state index contributed by atoms with van der Waals surface area (Å²) in [6, 6.07) is 6.16. The number of carbonyl (C=O) groups excluding carboxylic acids is 1. The zero-order valence-electron chi connectivity index (χ0n) is 16.2. The standard InChI is InChI=1S/C22H27ClN2O3/c1-2-28-22(26)25-12-9-17(10-13-25)21-14-16(4-3-11-24-27)5-6-18-15-19(23)7-8-20(18)21/h3-4,7-8,11,15,24,27H,2,5-6,9-10,12-14H2,1H3/b11-3-,16-4-. The van der Waals surface area contributed by atoms with E-state index in [4.69, 9.17) is 21.5 Å². The molecule has 28 heavy (non-hydrogen) atoms. The topological polar surface area (TPSA) is 61.8 Å². The number of carbonyl (C=O) groups is 1. The second-order valence-electron chi connectivity index (χ2n) is 7.06. The van der Waals surface area contributed by atoms with Gasteiger partial charge >= 0.3 is 6.09 Å². The molecule has 6 heteroatoms. The molecule has 2 N–H and O–H groups in total. The van der Waals surface area contributed by atoms with E-state index >= 15 is 0 Å². The van der Waals surface area contributed by atoms with Crippen molar-refractivity contribution >= 4 is 23.3 Å². The molecule has 0 spiro atoms. The number of hydrogen-bond acceptors (Lipinski definition) is 4. The third-order valence-electron chi connectivity index (χ3n) is 5.33. The number of aryl methyl sites for hydroxylation is 1. The monoisotopic (exact) mass is 402 g/mol. The lowest BCUT2D eigenvalue weighted by atomic mass is 9.88. The number of piperidine rings is 1. The van der Waals surface area contributed by atoms with Crippen LogP contribution in [0.5, 0.6) is 0 Å². The third-order valence-corrected chi connectivity index (χ3v) is 5.57. The molecule has 0 aromatic heterocycles. The number of fused-ring (bicyclic) bond motifs is 1. The van der Waals surface area contributed by atoms with Gasteiger partial charge in [-0.3, -0.25) is 10.7 Å². The lowest BCUT2D eigenvalue weighted by Gasteiger charge is -2.29. The molecule has 0 bridgehead atoms. The van der Waals surface area contributed by atoms with Gasteiger partial charge in [0, 0.05) is 24.3 Å². The SMILES string of the molecule is CCOC(=O)N1CCC(=C2C/C(=C\C=C/NO)CCc3cc(Cl)ccc32)CC1. The number of ether oxygens (including phenoxy) is 1. The molecular weight excluding hydrogens is 376 g/mol. The van der Waals surface area contributed by atoms with Crippen LogP contribution in [0.2, 0.25) is 5.02 Å². The fourth-order valence-corrected chi connectivity index (χ4v) is 4.12. The average molecular weight is 403 g/mol. The highest BCUT2D eigenvalue weighted by molar-refractivity contribution is 6.30. The van der Waals surface area contributed by atoms with Crippen molar-refractivity contribution in [3.63, 3.8) is 0 Å². The van der Waals surface area contributed by atoms with Gasteiger partial charge in [-0.1, -0.05) is 34.9 Å². The molecule has 1 amide bonds. The van der Waals surface area contributed by atoms with E-state index in [1.807, 2.05) is 24.5 Å². The molecular formula is C22H27ClN2O3. The summed E-state index contributed by atoms with van der Waals surface area (Å²) in [4.78, 5) is 13.8. The first-order valence-electron chi connectivity index (χ1n) is 9.78. The van der Waals surface area contributed by atoms with Gasteiger partial charge < -0.3 is 9.64 Å². The highest BCUT2D eigenvalue weighted by Gasteiger charge is 2.24. The van der Waals surface area contributed by atoms with E-state index in [0.29, 0.717) is 19.7 Å². The van der Waals surface area contributed by atoms with E-state index in [-0.39, 0.29) is 6.09 Å². The summed E-state index contributed by atoms with van der Waals surface area (Å²) in [6.07, 6.45) is 9.65. The molecule has 0 saturated carbocycles. The number of rotatable bonds is 3. The summed E-state index contributed by atoms with van der Waals surface area (Å²) >= 11 is 6.25. The van der Waals surface area contributed by atoms with Crippen molar-refractivity contribution in [1.29, 1.82) is 0 Å². The van der Waals surface area contributed by atoms with E-state index in [2.05, 4.69) is 18.2 Å². The van der Waals surface area contributed by atoms with Gasteiger partial charge in [0.15, 0.2) is 0 Å². The number of halogens is 1. The van der Waals surface area contributed by atoms with E-state index < -0.39 is 0 Å². The van der Waals surface area contributed by atoms with Gasteiger partial charge in [0.05, 0.1) is 6.61 Å². The Morgan fingerprint density at radius 1 is 1.29 bits per heavy atom. The molecule has 2 aliphatic rings. The van der Waals surface area contributed by atoms with Crippen molar-refractivity contribution in [1.82, 2.24) is 10.4 Å². The summed E-state index contributed by atoms with van der Waals surface area (Å²) in [7, 11) is 0. The molecule has 0 radical (unpaired) electrons. The molecule has 1 aliphatic carbocycles. The van der Waals surface area contributed by atoms with Gasteiger partial charge in [-0.25, -0.2) is 4.79 Å². The first-order chi connectivity index (χ1) is 13.6.